The number of hydrogen-bond acceptors (Lipinski definition) is 3. The van der Waals surface area contributed by atoms with Gasteiger partial charge in [0.2, 0.25) is 5.96 Å². The highest BCUT2D eigenvalue weighted by atomic mass is 79.9. The van der Waals surface area contributed by atoms with Gasteiger partial charge in [-0.05, 0) is 54.4 Å². The number of rotatable bonds is 1. The predicted octanol–water partition coefficient (Wildman–Crippen LogP) is 3.68. The third-order valence-electron chi connectivity index (χ3n) is 3.73. The van der Waals surface area contributed by atoms with Crippen LogP contribution < -0.4 is 4.90 Å². The molecule has 0 aromatic heterocycles. The van der Waals surface area contributed by atoms with Crippen molar-refractivity contribution in [1.29, 1.82) is 0 Å². The molecular formula is C14H17BrClN3. The summed E-state index contributed by atoms with van der Waals surface area (Å²) in [7, 11) is 0. The van der Waals surface area contributed by atoms with Crippen LogP contribution in [-0.2, 0) is 0 Å². The van der Waals surface area contributed by atoms with E-state index in [1.165, 1.54) is 11.3 Å². The Bertz CT molecular complexity index is 545. The predicted molar refractivity (Wildman–Crippen MR) is 84.3 cm³/mol. The number of anilines is 1. The van der Waals surface area contributed by atoms with Crippen molar-refractivity contribution in [1.82, 2.24) is 4.90 Å². The van der Waals surface area contributed by atoms with Gasteiger partial charge in [-0.15, -0.1) is 0 Å². The van der Waals surface area contributed by atoms with E-state index in [1.807, 2.05) is 12.1 Å². The van der Waals surface area contributed by atoms with Gasteiger partial charge < -0.3 is 9.80 Å². The fourth-order valence-electron chi connectivity index (χ4n) is 3.02. The number of benzene rings is 1. The van der Waals surface area contributed by atoms with E-state index in [2.05, 4.69) is 51.5 Å². The maximum atomic E-state index is 6.12. The molecule has 1 aromatic carbocycles. The van der Waals surface area contributed by atoms with Crippen molar-refractivity contribution < 1.29 is 0 Å². The molecule has 102 valence electrons. The number of nitrogens with zero attached hydrogens (tertiary/aromatic N) is 3. The molecule has 2 heterocycles. The van der Waals surface area contributed by atoms with Crippen LogP contribution in [0.5, 0.6) is 0 Å². The maximum absolute atomic E-state index is 6.12. The van der Waals surface area contributed by atoms with Crippen molar-refractivity contribution in [3.05, 3.63) is 27.2 Å². The summed E-state index contributed by atoms with van der Waals surface area (Å²) in [4.78, 5) is 9.38. The van der Waals surface area contributed by atoms with Gasteiger partial charge in [-0.2, -0.15) is 0 Å². The maximum Gasteiger partial charge on any atom is 0.201 e. The van der Waals surface area contributed by atoms with Crippen molar-refractivity contribution >= 4 is 39.2 Å². The second kappa shape index (κ2) is 4.38. The molecule has 0 atom stereocenters. The molecule has 0 radical (unpaired) electrons. The first kappa shape index (κ1) is 13.3. The van der Waals surface area contributed by atoms with E-state index in [0.29, 0.717) is 0 Å². The van der Waals surface area contributed by atoms with Gasteiger partial charge in [0.05, 0.1) is 17.8 Å². The van der Waals surface area contributed by atoms with Gasteiger partial charge >= 0.3 is 0 Å². The Morgan fingerprint density at radius 1 is 1.37 bits per heavy atom. The number of guanidine groups is 1. The monoisotopic (exact) mass is 341 g/mol. The van der Waals surface area contributed by atoms with Crippen LogP contribution in [0.4, 0.5) is 5.69 Å². The second-order valence-electron chi connectivity index (χ2n) is 5.80. The molecule has 5 heteroatoms. The molecule has 0 unspecified atom stereocenters. The molecule has 0 aliphatic carbocycles. The number of halogens is 2. The topological polar surface area (TPSA) is 18.8 Å². The zero-order valence-corrected chi connectivity index (χ0v) is 13.7. The van der Waals surface area contributed by atoms with Crippen molar-refractivity contribution in [3.63, 3.8) is 0 Å². The van der Waals surface area contributed by atoms with E-state index in [0.717, 1.165) is 35.1 Å². The highest BCUT2D eigenvalue weighted by molar-refractivity contribution is 9.10. The van der Waals surface area contributed by atoms with Crippen LogP contribution >= 0.6 is 27.5 Å². The third kappa shape index (κ3) is 2.05. The summed E-state index contributed by atoms with van der Waals surface area (Å²) in [6, 6.07) is 3.97. The number of hydrogen-bond donors (Lipinski definition) is 0. The quantitative estimate of drug-likeness (QED) is 0.775. The molecule has 19 heavy (non-hydrogen) atoms. The van der Waals surface area contributed by atoms with Crippen molar-refractivity contribution in [2.24, 2.45) is 4.99 Å². The molecule has 2 aliphatic heterocycles. The Hall–Kier alpha value is -0.740. The molecule has 0 spiro atoms. The largest absolute Gasteiger partial charge is 0.338 e. The Kier molecular flexibility index (Phi) is 3.06. The lowest BCUT2D eigenvalue weighted by Gasteiger charge is -2.33. The average Bonchev–Trinajstić information content (AvgIpc) is 2.77. The van der Waals surface area contributed by atoms with E-state index in [4.69, 9.17) is 11.6 Å². The van der Waals surface area contributed by atoms with Gasteiger partial charge in [0.1, 0.15) is 0 Å². The molecule has 2 aliphatic rings. The zero-order valence-electron chi connectivity index (χ0n) is 11.4. The minimum Gasteiger partial charge on any atom is -0.338 e. The van der Waals surface area contributed by atoms with Crippen LogP contribution in [0.25, 0.3) is 0 Å². The van der Waals surface area contributed by atoms with Gasteiger partial charge in [-0.25, -0.2) is 0 Å². The first-order chi connectivity index (χ1) is 8.90. The van der Waals surface area contributed by atoms with E-state index in [9.17, 15) is 0 Å². The van der Waals surface area contributed by atoms with Gasteiger partial charge in [0.25, 0.3) is 0 Å². The van der Waals surface area contributed by atoms with Crippen LogP contribution in [0.2, 0.25) is 5.02 Å². The number of aliphatic imine (C=N–C) groups is 1. The van der Waals surface area contributed by atoms with E-state index in [1.54, 1.807) is 0 Å². The van der Waals surface area contributed by atoms with Crippen molar-refractivity contribution in [2.45, 2.75) is 26.3 Å². The van der Waals surface area contributed by atoms with Crippen LogP contribution in [0, 0.1) is 6.92 Å². The van der Waals surface area contributed by atoms with Crippen LogP contribution in [0.1, 0.15) is 19.4 Å². The van der Waals surface area contributed by atoms with Gasteiger partial charge in [0, 0.05) is 22.6 Å². The van der Waals surface area contributed by atoms with Crippen LogP contribution in [0.3, 0.4) is 0 Å². The molecular weight excluding hydrogens is 326 g/mol. The second-order valence-corrected chi connectivity index (χ2v) is 7.10. The summed E-state index contributed by atoms with van der Waals surface area (Å²) in [5, 5.41) is 0.760. The Morgan fingerprint density at radius 3 is 2.79 bits per heavy atom. The number of aryl methyl sites for hydroxylation is 1. The van der Waals surface area contributed by atoms with E-state index < -0.39 is 0 Å². The SMILES string of the molecule is Cc1cc(Cl)cc(Br)c1N1C2=NCCN2CC1(C)C. The van der Waals surface area contributed by atoms with E-state index >= 15 is 0 Å². The summed E-state index contributed by atoms with van der Waals surface area (Å²) in [5.41, 5.74) is 2.39. The van der Waals surface area contributed by atoms with Gasteiger partial charge in [0.15, 0.2) is 0 Å². The molecule has 3 nitrogen and oxygen atoms in total. The van der Waals surface area contributed by atoms with Crippen molar-refractivity contribution in [3.8, 4) is 0 Å². The summed E-state index contributed by atoms with van der Waals surface area (Å²) in [6.45, 7) is 9.55. The molecule has 1 saturated heterocycles. The van der Waals surface area contributed by atoms with Gasteiger partial charge in [-0.3, -0.25) is 4.99 Å². The highest BCUT2D eigenvalue weighted by Gasteiger charge is 2.44. The minimum absolute atomic E-state index is 0.0420. The zero-order chi connectivity index (χ0) is 13.8. The number of fused-ring (bicyclic) bond motifs is 1. The normalized spacial score (nSPS) is 20.8. The standard InChI is InChI=1S/C14H17BrClN3/c1-9-6-10(16)7-11(15)12(9)19-13-17-4-5-18(13)8-14(19,2)3/h6-7H,4-5,8H2,1-3H3. The lowest BCUT2D eigenvalue weighted by molar-refractivity contribution is 0.407. The lowest BCUT2D eigenvalue weighted by Crippen LogP contribution is -2.43. The smallest absolute Gasteiger partial charge is 0.201 e. The van der Waals surface area contributed by atoms with E-state index in [-0.39, 0.29) is 5.54 Å². The Balaban J connectivity index is 2.15. The van der Waals surface area contributed by atoms with Crippen LogP contribution in [-0.4, -0.2) is 36.0 Å². The average molecular weight is 343 g/mol. The molecule has 1 aromatic rings. The summed E-state index contributed by atoms with van der Waals surface area (Å²) in [5.74, 6) is 1.09. The fourth-order valence-corrected chi connectivity index (χ4v) is 4.16. The third-order valence-corrected chi connectivity index (χ3v) is 4.55. The Labute approximate surface area is 127 Å². The molecule has 0 saturated carbocycles. The molecule has 0 N–H and O–H groups in total. The molecule has 1 fully saturated rings. The van der Waals surface area contributed by atoms with Crippen LogP contribution in [0.15, 0.2) is 21.6 Å². The molecule has 0 bridgehead atoms. The Morgan fingerprint density at radius 2 is 2.11 bits per heavy atom. The first-order valence-electron chi connectivity index (χ1n) is 6.45. The van der Waals surface area contributed by atoms with Gasteiger partial charge in [-0.1, -0.05) is 11.6 Å². The summed E-state index contributed by atoms with van der Waals surface area (Å²) in [6.07, 6.45) is 0. The minimum atomic E-state index is 0.0420. The fraction of sp³-hybridized carbons (Fsp3) is 0.500. The van der Waals surface area contributed by atoms with Crippen molar-refractivity contribution in [2.75, 3.05) is 24.5 Å². The molecule has 0 amide bonds. The molecule has 3 rings (SSSR count). The highest BCUT2D eigenvalue weighted by Crippen LogP contribution is 2.41. The first-order valence-corrected chi connectivity index (χ1v) is 7.62. The summed E-state index contributed by atoms with van der Waals surface area (Å²) >= 11 is 9.78. The summed E-state index contributed by atoms with van der Waals surface area (Å²) < 4.78 is 1.03. The lowest BCUT2D eigenvalue weighted by atomic mass is 10.0.